The summed E-state index contributed by atoms with van der Waals surface area (Å²) >= 11 is 0. The molecule has 0 heterocycles. The Bertz CT molecular complexity index is 1320. The highest BCUT2D eigenvalue weighted by Crippen LogP contribution is 2.18. The van der Waals surface area contributed by atoms with Crippen LogP contribution in [0.1, 0.15) is 393 Å². The van der Waals surface area contributed by atoms with E-state index in [1.807, 2.05) is 0 Å². The second-order valence-corrected chi connectivity index (χ2v) is 24.1. The zero-order valence-electron chi connectivity index (χ0n) is 53.4. The van der Waals surface area contributed by atoms with Gasteiger partial charge in [-0.1, -0.05) is 333 Å². The van der Waals surface area contributed by atoms with E-state index in [4.69, 9.17) is 14.2 Å². The third-order valence-electron chi connectivity index (χ3n) is 16.1. The highest BCUT2D eigenvalue weighted by atomic mass is 16.6. The molecule has 0 aliphatic heterocycles. The Labute approximate surface area is 493 Å². The van der Waals surface area contributed by atoms with Crippen molar-refractivity contribution in [1.29, 1.82) is 0 Å². The van der Waals surface area contributed by atoms with Gasteiger partial charge in [-0.3, -0.25) is 14.4 Å². The van der Waals surface area contributed by atoms with Crippen molar-refractivity contribution in [2.75, 3.05) is 13.2 Å². The van der Waals surface area contributed by atoms with Gasteiger partial charge in [-0.25, -0.2) is 0 Å². The molecule has 0 aromatic carbocycles. The molecular formula is C73H136O6. The Morgan fingerprint density at radius 3 is 0.709 bits per heavy atom. The van der Waals surface area contributed by atoms with Gasteiger partial charge in [0.25, 0.3) is 0 Å². The molecule has 0 saturated carbocycles. The van der Waals surface area contributed by atoms with Crippen LogP contribution in [0.25, 0.3) is 0 Å². The summed E-state index contributed by atoms with van der Waals surface area (Å²) in [6.45, 7) is 6.67. The van der Waals surface area contributed by atoms with E-state index in [-0.39, 0.29) is 31.1 Å². The Hall–Kier alpha value is -2.37. The van der Waals surface area contributed by atoms with Crippen molar-refractivity contribution in [2.45, 2.75) is 399 Å². The van der Waals surface area contributed by atoms with Gasteiger partial charge in [0.1, 0.15) is 13.2 Å². The van der Waals surface area contributed by atoms with Crippen LogP contribution in [0.4, 0.5) is 0 Å². The third-order valence-corrected chi connectivity index (χ3v) is 16.1. The molecule has 79 heavy (non-hydrogen) atoms. The Morgan fingerprint density at radius 2 is 0.456 bits per heavy atom. The highest BCUT2D eigenvalue weighted by molar-refractivity contribution is 5.71. The summed E-state index contributed by atoms with van der Waals surface area (Å²) in [5.74, 6) is -0.852. The fourth-order valence-corrected chi connectivity index (χ4v) is 10.8. The molecule has 0 spiro atoms. The second-order valence-electron chi connectivity index (χ2n) is 24.1. The van der Waals surface area contributed by atoms with E-state index >= 15 is 0 Å². The SMILES string of the molecule is CCCCCCC/C=C\C/C=C\CCCCCCCCCCCCCCCCCCCCCCCCCC(=O)OCC(COC(=O)CCCCCCCCCCCCC)OC(=O)CCCCCCC/C=C\CCCCCCCC. The molecule has 1 unspecified atom stereocenters. The average molecular weight is 1110 g/mol. The lowest BCUT2D eigenvalue weighted by Crippen LogP contribution is -2.30. The minimum absolute atomic E-state index is 0.0692. The molecule has 464 valence electrons. The fraction of sp³-hybridized carbons (Fsp3) is 0.877. The lowest BCUT2D eigenvalue weighted by Gasteiger charge is -2.18. The van der Waals surface area contributed by atoms with Crippen molar-refractivity contribution in [3.8, 4) is 0 Å². The molecule has 0 rings (SSSR count). The van der Waals surface area contributed by atoms with E-state index < -0.39 is 6.10 Å². The molecule has 0 amide bonds. The number of allylic oxidation sites excluding steroid dienone is 6. The van der Waals surface area contributed by atoms with Gasteiger partial charge in [0, 0.05) is 19.3 Å². The maximum Gasteiger partial charge on any atom is 0.306 e. The number of hydrogen-bond donors (Lipinski definition) is 0. The summed E-state index contributed by atoms with van der Waals surface area (Å²) < 4.78 is 16.9. The molecule has 0 aromatic heterocycles. The molecule has 1 atom stereocenters. The summed E-state index contributed by atoms with van der Waals surface area (Å²) in [6.07, 6.45) is 84.8. The molecule has 0 saturated heterocycles. The lowest BCUT2D eigenvalue weighted by molar-refractivity contribution is -0.167. The van der Waals surface area contributed by atoms with Crippen molar-refractivity contribution in [3.63, 3.8) is 0 Å². The van der Waals surface area contributed by atoms with Gasteiger partial charge in [-0.15, -0.1) is 0 Å². The molecule has 0 aliphatic carbocycles. The molecule has 0 fully saturated rings. The van der Waals surface area contributed by atoms with Gasteiger partial charge in [-0.2, -0.15) is 0 Å². The van der Waals surface area contributed by atoms with Crippen molar-refractivity contribution < 1.29 is 28.6 Å². The van der Waals surface area contributed by atoms with Crippen LogP contribution in [0, 0.1) is 0 Å². The Balaban J connectivity index is 4.01. The van der Waals surface area contributed by atoms with E-state index in [2.05, 4.69) is 57.2 Å². The molecule has 0 aliphatic rings. The van der Waals surface area contributed by atoms with E-state index in [1.54, 1.807) is 0 Å². The maximum absolute atomic E-state index is 12.9. The smallest absolute Gasteiger partial charge is 0.306 e. The highest BCUT2D eigenvalue weighted by Gasteiger charge is 2.19. The lowest BCUT2D eigenvalue weighted by atomic mass is 10.0. The minimum atomic E-state index is -0.772. The maximum atomic E-state index is 12.9. The standard InChI is InChI=1S/C73H136O6/c1-4-7-10-13-16-19-22-24-26-27-28-29-30-31-32-33-34-35-36-37-38-39-40-41-42-43-44-45-47-48-51-54-57-60-63-66-72(75)78-69-70(68-77-71(74)65-62-59-56-53-50-21-18-15-12-9-6-3)79-73(76)67-64-61-58-55-52-49-46-25-23-20-17-14-11-8-5-2/h22,24-25,27-28,46,70H,4-21,23,26,29-45,47-69H2,1-3H3/b24-22-,28-27-,46-25-. The summed E-state index contributed by atoms with van der Waals surface area (Å²) in [5, 5.41) is 0. The first-order valence-electron chi connectivity index (χ1n) is 35.5. The van der Waals surface area contributed by atoms with E-state index in [9.17, 15) is 14.4 Å². The predicted molar refractivity (Wildman–Crippen MR) is 344 cm³/mol. The van der Waals surface area contributed by atoms with Gasteiger partial charge in [-0.05, 0) is 77.0 Å². The van der Waals surface area contributed by atoms with Gasteiger partial charge < -0.3 is 14.2 Å². The monoisotopic (exact) mass is 1110 g/mol. The van der Waals surface area contributed by atoms with Crippen LogP contribution in [0.15, 0.2) is 36.5 Å². The summed E-state index contributed by atoms with van der Waals surface area (Å²) in [5.41, 5.74) is 0. The first-order valence-corrected chi connectivity index (χ1v) is 35.5. The number of rotatable bonds is 66. The zero-order valence-corrected chi connectivity index (χ0v) is 53.4. The molecular weight excluding hydrogens is 973 g/mol. The quantitative estimate of drug-likeness (QED) is 0.0261. The average Bonchev–Trinajstić information content (AvgIpc) is 3.45. The van der Waals surface area contributed by atoms with Gasteiger partial charge in [0.05, 0.1) is 0 Å². The molecule has 6 nitrogen and oxygen atoms in total. The van der Waals surface area contributed by atoms with E-state index in [0.717, 1.165) is 70.6 Å². The van der Waals surface area contributed by atoms with Crippen LogP contribution < -0.4 is 0 Å². The summed E-state index contributed by atoms with van der Waals surface area (Å²) in [6, 6.07) is 0. The summed E-state index contributed by atoms with van der Waals surface area (Å²) in [7, 11) is 0. The number of carbonyl (C=O) groups is 3. The van der Waals surface area contributed by atoms with Crippen molar-refractivity contribution >= 4 is 17.9 Å². The fourth-order valence-electron chi connectivity index (χ4n) is 10.8. The number of hydrogen-bond acceptors (Lipinski definition) is 6. The van der Waals surface area contributed by atoms with Crippen LogP contribution in [0.2, 0.25) is 0 Å². The van der Waals surface area contributed by atoms with Crippen LogP contribution in [0.3, 0.4) is 0 Å². The number of ether oxygens (including phenoxy) is 3. The minimum Gasteiger partial charge on any atom is -0.462 e. The Morgan fingerprint density at radius 1 is 0.253 bits per heavy atom. The molecule has 0 aromatic rings. The molecule has 0 bridgehead atoms. The zero-order chi connectivity index (χ0) is 57.1. The van der Waals surface area contributed by atoms with Gasteiger partial charge >= 0.3 is 17.9 Å². The number of esters is 3. The first kappa shape index (κ1) is 76.6. The Kier molecular flexibility index (Phi) is 66.1. The van der Waals surface area contributed by atoms with Crippen LogP contribution >= 0.6 is 0 Å². The third kappa shape index (κ3) is 66.3. The van der Waals surface area contributed by atoms with Crippen molar-refractivity contribution in [2.24, 2.45) is 0 Å². The van der Waals surface area contributed by atoms with Gasteiger partial charge in [0.2, 0.25) is 0 Å². The predicted octanol–water partition coefficient (Wildman–Crippen LogP) is 24.3. The molecule has 0 radical (unpaired) electrons. The van der Waals surface area contributed by atoms with E-state index in [1.165, 1.54) is 283 Å². The van der Waals surface area contributed by atoms with Crippen LogP contribution in [-0.2, 0) is 28.6 Å². The van der Waals surface area contributed by atoms with E-state index in [0.29, 0.717) is 19.3 Å². The van der Waals surface area contributed by atoms with Crippen molar-refractivity contribution in [3.05, 3.63) is 36.5 Å². The summed E-state index contributed by atoms with van der Waals surface area (Å²) in [4.78, 5) is 38.3. The number of carbonyl (C=O) groups excluding carboxylic acids is 3. The normalized spacial score (nSPS) is 12.2. The van der Waals surface area contributed by atoms with Crippen molar-refractivity contribution in [1.82, 2.24) is 0 Å². The number of unbranched alkanes of at least 4 members (excludes halogenated alkanes) is 49. The molecule has 0 N–H and O–H groups in total. The molecule has 6 heteroatoms. The topological polar surface area (TPSA) is 78.9 Å². The van der Waals surface area contributed by atoms with Gasteiger partial charge in [0.15, 0.2) is 6.10 Å². The first-order chi connectivity index (χ1) is 39.0. The van der Waals surface area contributed by atoms with Crippen LogP contribution in [-0.4, -0.2) is 37.2 Å². The second kappa shape index (κ2) is 68.1. The largest absolute Gasteiger partial charge is 0.462 e. The van der Waals surface area contributed by atoms with Crippen LogP contribution in [0.5, 0.6) is 0 Å².